The molecule has 0 aliphatic carbocycles. The van der Waals surface area contributed by atoms with Crippen LogP contribution in [0.4, 0.5) is 0 Å². The molecule has 1 N–H and O–H groups in total. The number of hydrogen-bond acceptors (Lipinski definition) is 3. The molecule has 0 spiro atoms. The molecule has 0 aromatic carbocycles. The van der Waals surface area contributed by atoms with Crippen LogP contribution in [0.3, 0.4) is 0 Å². The van der Waals surface area contributed by atoms with Crippen LogP contribution in [0.1, 0.15) is 41.2 Å². The molecule has 1 unspecified atom stereocenters. The fraction of sp³-hybridized carbons (Fsp3) is 0.500. The van der Waals surface area contributed by atoms with Crippen molar-refractivity contribution in [3.8, 4) is 0 Å². The zero-order valence-electron chi connectivity index (χ0n) is 13.1. The van der Waals surface area contributed by atoms with Crippen molar-refractivity contribution >= 4 is 0 Å². The van der Waals surface area contributed by atoms with Gasteiger partial charge in [0.2, 0.25) is 0 Å². The van der Waals surface area contributed by atoms with Crippen molar-refractivity contribution in [2.45, 2.75) is 39.7 Å². The summed E-state index contributed by atoms with van der Waals surface area (Å²) in [6.07, 6.45) is 3.89. The number of aromatic nitrogens is 3. The van der Waals surface area contributed by atoms with Gasteiger partial charge in [-0.3, -0.25) is 9.67 Å². The minimum absolute atomic E-state index is 0.253. The lowest BCUT2D eigenvalue weighted by Gasteiger charge is -2.17. The minimum Gasteiger partial charge on any atom is -0.313 e. The van der Waals surface area contributed by atoms with Crippen molar-refractivity contribution in [1.82, 2.24) is 20.1 Å². The molecule has 108 valence electrons. The smallest absolute Gasteiger partial charge is 0.0644 e. The molecule has 0 fully saturated rings. The Kier molecular flexibility index (Phi) is 4.55. The lowest BCUT2D eigenvalue weighted by molar-refractivity contribution is 0.577. The third-order valence-electron chi connectivity index (χ3n) is 3.97. The van der Waals surface area contributed by atoms with Gasteiger partial charge in [-0.25, -0.2) is 0 Å². The molecule has 0 saturated heterocycles. The zero-order valence-corrected chi connectivity index (χ0v) is 13.1. The summed E-state index contributed by atoms with van der Waals surface area (Å²) in [7, 11) is 3.99. The Morgan fingerprint density at radius 3 is 2.50 bits per heavy atom. The first-order valence-corrected chi connectivity index (χ1v) is 7.18. The van der Waals surface area contributed by atoms with Crippen LogP contribution in [0.5, 0.6) is 0 Å². The first-order valence-electron chi connectivity index (χ1n) is 7.18. The minimum atomic E-state index is 0.253. The first-order chi connectivity index (χ1) is 9.56. The summed E-state index contributed by atoms with van der Waals surface area (Å²) in [4.78, 5) is 4.56. The molecule has 0 aliphatic heterocycles. The van der Waals surface area contributed by atoms with Crippen LogP contribution in [-0.2, 0) is 19.9 Å². The van der Waals surface area contributed by atoms with Crippen molar-refractivity contribution in [2.75, 3.05) is 7.05 Å². The van der Waals surface area contributed by atoms with Crippen LogP contribution >= 0.6 is 0 Å². The summed E-state index contributed by atoms with van der Waals surface area (Å²) < 4.78 is 1.95. The van der Waals surface area contributed by atoms with E-state index < -0.39 is 0 Å². The van der Waals surface area contributed by atoms with Gasteiger partial charge in [0.1, 0.15) is 0 Å². The number of rotatable bonds is 5. The maximum atomic E-state index is 4.56. The first kappa shape index (κ1) is 14.7. The van der Waals surface area contributed by atoms with Gasteiger partial charge in [0, 0.05) is 42.7 Å². The summed E-state index contributed by atoms with van der Waals surface area (Å²) in [6.45, 7) is 6.34. The largest absolute Gasteiger partial charge is 0.313 e. The highest BCUT2D eigenvalue weighted by atomic mass is 15.3. The van der Waals surface area contributed by atoms with Crippen molar-refractivity contribution in [3.05, 3.63) is 46.5 Å². The molecule has 4 nitrogen and oxygen atoms in total. The van der Waals surface area contributed by atoms with Gasteiger partial charge in [0.15, 0.2) is 0 Å². The quantitative estimate of drug-likeness (QED) is 0.909. The fourth-order valence-corrected chi connectivity index (χ4v) is 2.64. The second-order valence-corrected chi connectivity index (χ2v) is 5.26. The Bertz CT molecular complexity index is 569. The van der Waals surface area contributed by atoms with Crippen molar-refractivity contribution in [2.24, 2.45) is 7.05 Å². The van der Waals surface area contributed by atoms with Crippen LogP contribution in [0.2, 0.25) is 0 Å². The van der Waals surface area contributed by atoms with Gasteiger partial charge in [-0.15, -0.1) is 0 Å². The molecule has 0 radical (unpaired) electrons. The number of aryl methyl sites for hydroxylation is 3. The van der Waals surface area contributed by atoms with Gasteiger partial charge < -0.3 is 5.32 Å². The van der Waals surface area contributed by atoms with Crippen molar-refractivity contribution in [1.29, 1.82) is 0 Å². The van der Waals surface area contributed by atoms with E-state index >= 15 is 0 Å². The van der Waals surface area contributed by atoms with Crippen LogP contribution in [0.25, 0.3) is 0 Å². The molecule has 0 aliphatic rings. The molecular weight excluding hydrogens is 248 g/mol. The number of nitrogens with one attached hydrogen (secondary N) is 1. The molecule has 2 rings (SSSR count). The van der Waals surface area contributed by atoms with Gasteiger partial charge in [-0.05, 0) is 38.9 Å². The van der Waals surface area contributed by atoms with E-state index in [1.807, 2.05) is 25.0 Å². The second-order valence-electron chi connectivity index (χ2n) is 5.26. The van der Waals surface area contributed by atoms with E-state index in [2.05, 4.69) is 48.3 Å². The fourth-order valence-electron chi connectivity index (χ4n) is 2.64. The molecule has 20 heavy (non-hydrogen) atoms. The molecular formula is C16H24N4. The van der Waals surface area contributed by atoms with E-state index in [0.29, 0.717) is 0 Å². The summed E-state index contributed by atoms with van der Waals surface area (Å²) >= 11 is 0. The van der Waals surface area contributed by atoms with Gasteiger partial charge in [0.05, 0.1) is 5.69 Å². The molecule has 4 heteroatoms. The normalized spacial score (nSPS) is 12.7. The standard InChI is InChI=1S/C16H24N4/c1-6-13-7-8-14(18-10-13)9-15(17-4)16-11(2)19-20(5)12(16)3/h7-8,10,15,17H,6,9H2,1-5H3. The van der Waals surface area contributed by atoms with E-state index in [0.717, 1.165) is 24.2 Å². The average Bonchev–Trinajstić information content (AvgIpc) is 2.71. The number of likely N-dealkylation sites (N-methyl/N-ethyl adjacent to an activating group) is 1. The molecule has 0 bridgehead atoms. The van der Waals surface area contributed by atoms with E-state index in [1.54, 1.807) is 0 Å². The van der Waals surface area contributed by atoms with Crippen LogP contribution in [-0.4, -0.2) is 21.8 Å². The Morgan fingerprint density at radius 1 is 1.30 bits per heavy atom. The van der Waals surface area contributed by atoms with E-state index in [1.165, 1.54) is 16.8 Å². The van der Waals surface area contributed by atoms with Crippen LogP contribution < -0.4 is 5.32 Å². The molecule has 1 atom stereocenters. The van der Waals surface area contributed by atoms with Crippen LogP contribution in [0.15, 0.2) is 18.3 Å². The highest BCUT2D eigenvalue weighted by Gasteiger charge is 2.19. The maximum Gasteiger partial charge on any atom is 0.0644 e. The zero-order chi connectivity index (χ0) is 14.7. The molecule has 2 heterocycles. The van der Waals surface area contributed by atoms with Gasteiger partial charge in [-0.1, -0.05) is 13.0 Å². The molecule has 0 amide bonds. The number of hydrogen-bond donors (Lipinski definition) is 1. The van der Waals surface area contributed by atoms with E-state index in [-0.39, 0.29) is 6.04 Å². The second kappa shape index (κ2) is 6.18. The predicted molar refractivity (Wildman–Crippen MR) is 81.8 cm³/mol. The Balaban J connectivity index is 2.24. The summed E-state index contributed by atoms with van der Waals surface area (Å²) in [5.74, 6) is 0. The van der Waals surface area contributed by atoms with Crippen molar-refractivity contribution < 1.29 is 0 Å². The van der Waals surface area contributed by atoms with Gasteiger partial charge in [0.25, 0.3) is 0 Å². The molecule has 2 aromatic heterocycles. The maximum absolute atomic E-state index is 4.56. The predicted octanol–water partition coefficient (Wildman–Crippen LogP) is 2.50. The van der Waals surface area contributed by atoms with Crippen LogP contribution in [0, 0.1) is 13.8 Å². The number of nitrogens with zero attached hydrogens (tertiary/aromatic N) is 3. The SMILES string of the molecule is CCc1ccc(CC(NC)c2c(C)nn(C)c2C)nc1. The van der Waals surface area contributed by atoms with E-state index in [9.17, 15) is 0 Å². The number of pyridine rings is 1. The average molecular weight is 272 g/mol. The van der Waals surface area contributed by atoms with Crippen molar-refractivity contribution in [3.63, 3.8) is 0 Å². The monoisotopic (exact) mass is 272 g/mol. The third-order valence-corrected chi connectivity index (χ3v) is 3.97. The summed E-state index contributed by atoms with van der Waals surface area (Å²) in [5.41, 5.74) is 5.99. The Hall–Kier alpha value is -1.68. The van der Waals surface area contributed by atoms with Gasteiger partial charge in [-0.2, -0.15) is 5.10 Å². The molecule has 0 saturated carbocycles. The topological polar surface area (TPSA) is 42.7 Å². The highest BCUT2D eigenvalue weighted by Crippen LogP contribution is 2.23. The lowest BCUT2D eigenvalue weighted by Crippen LogP contribution is -2.20. The molecule has 2 aromatic rings. The summed E-state index contributed by atoms with van der Waals surface area (Å²) in [6, 6.07) is 4.55. The van der Waals surface area contributed by atoms with E-state index in [4.69, 9.17) is 0 Å². The van der Waals surface area contributed by atoms with Gasteiger partial charge >= 0.3 is 0 Å². The highest BCUT2D eigenvalue weighted by molar-refractivity contribution is 5.29. The summed E-state index contributed by atoms with van der Waals surface area (Å²) in [5, 5.41) is 7.90. The third kappa shape index (κ3) is 2.90. The lowest BCUT2D eigenvalue weighted by atomic mass is 9.99. The Labute approximate surface area is 121 Å². The Morgan fingerprint density at radius 2 is 2.05 bits per heavy atom.